The minimum Gasteiger partial charge on any atom is -0.206 e. The fourth-order valence-electron chi connectivity index (χ4n) is 2.86. The molecule has 0 heterocycles. The van der Waals surface area contributed by atoms with E-state index < -0.39 is 11.3 Å². The summed E-state index contributed by atoms with van der Waals surface area (Å²) in [6.07, 6.45) is 1.35. The lowest BCUT2D eigenvalue weighted by Crippen LogP contribution is -2.25. The van der Waals surface area contributed by atoms with Crippen molar-refractivity contribution in [3.8, 4) is 0 Å². The van der Waals surface area contributed by atoms with E-state index in [1.165, 1.54) is 0 Å². The molecule has 90 valence electrons. The number of halogens is 2. The molecule has 1 aliphatic rings. The fourth-order valence-corrected chi connectivity index (χ4v) is 2.86. The standard InChI is InChI=1S/C13H24F2/c1-10(2,3)7-12(8-11(4,5)6)9-13(12,14)15/h7-9H2,1-6H3. The van der Waals surface area contributed by atoms with Crippen molar-refractivity contribution < 1.29 is 8.78 Å². The summed E-state index contributed by atoms with van der Waals surface area (Å²) in [7, 11) is 0. The molecule has 0 aromatic rings. The summed E-state index contributed by atoms with van der Waals surface area (Å²) in [5.74, 6) is -2.42. The molecule has 0 saturated heterocycles. The largest absolute Gasteiger partial charge is 0.254 e. The van der Waals surface area contributed by atoms with Gasteiger partial charge in [-0.05, 0) is 23.7 Å². The highest BCUT2D eigenvalue weighted by molar-refractivity contribution is 5.12. The van der Waals surface area contributed by atoms with Crippen LogP contribution in [0.15, 0.2) is 0 Å². The van der Waals surface area contributed by atoms with Crippen LogP contribution < -0.4 is 0 Å². The molecule has 0 bridgehead atoms. The molecule has 2 heteroatoms. The first-order valence-corrected chi connectivity index (χ1v) is 5.75. The number of alkyl halides is 2. The van der Waals surface area contributed by atoms with Crippen LogP contribution in [0.3, 0.4) is 0 Å². The van der Waals surface area contributed by atoms with Crippen LogP contribution >= 0.6 is 0 Å². The molecule has 0 unspecified atom stereocenters. The van der Waals surface area contributed by atoms with Gasteiger partial charge in [-0.2, -0.15) is 0 Å². The second kappa shape index (κ2) is 3.18. The predicted octanol–water partition coefficient (Wildman–Crippen LogP) is 4.88. The van der Waals surface area contributed by atoms with Gasteiger partial charge in [0.1, 0.15) is 0 Å². The number of rotatable bonds is 2. The molecule has 0 aromatic carbocycles. The Labute approximate surface area is 92.4 Å². The van der Waals surface area contributed by atoms with E-state index in [2.05, 4.69) is 0 Å². The van der Waals surface area contributed by atoms with Gasteiger partial charge in [0.05, 0.1) is 0 Å². The average molecular weight is 218 g/mol. The van der Waals surface area contributed by atoms with Crippen molar-refractivity contribution in [3.05, 3.63) is 0 Å². The van der Waals surface area contributed by atoms with Crippen molar-refractivity contribution in [2.45, 2.75) is 66.7 Å². The summed E-state index contributed by atoms with van der Waals surface area (Å²) in [6, 6.07) is 0. The summed E-state index contributed by atoms with van der Waals surface area (Å²) in [5, 5.41) is 0. The molecular formula is C13H24F2. The van der Waals surface area contributed by atoms with E-state index in [0.29, 0.717) is 12.8 Å². The molecule has 1 fully saturated rings. The smallest absolute Gasteiger partial charge is 0.206 e. The van der Waals surface area contributed by atoms with Gasteiger partial charge in [0, 0.05) is 11.8 Å². The first kappa shape index (κ1) is 12.9. The van der Waals surface area contributed by atoms with Crippen molar-refractivity contribution in [2.75, 3.05) is 0 Å². The molecule has 0 aromatic heterocycles. The van der Waals surface area contributed by atoms with E-state index in [-0.39, 0.29) is 17.3 Å². The second-order valence-electron chi connectivity index (χ2n) is 7.64. The van der Waals surface area contributed by atoms with Crippen LogP contribution in [-0.2, 0) is 0 Å². The van der Waals surface area contributed by atoms with E-state index in [0.717, 1.165) is 0 Å². The lowest BCUT2D eigenvalue weighted by atomic mass is 9.74. The predicted molar refractivity (Wildman–Crippen MR) is 60.1 cm³/mol. The number of hydrogen-bond acceptors (Lipinski definition) is 0. The lowest BCUT2D eigenvalue weighted by molar-refractivity contribution is 0.0269. The van der Waals surface area contributed by atoms with Crippen LogP contribution in [0.4, 0.5) is 8.78 Å². The highest BCUT2D eigenvalue weighted by atomic mass is 19.3. The first-order chi connectivity index (χ1) is 6.37. The van der Waals surface area contributed by atoms with Crippen molar-refractivity contribution in [1.82, 2.24) is 0 Å². The van der Waals surface area contributed by atoms with Crippen LogP contribution in [0.1, 0.15) is 60.8 Å². The van der Waals surface area contributed by atoms with Crippen molar-refractivity contribution >= 4 is 0 Å². The normalized spacial score (nSPS) is 24.0. The highest BCUT2D eigenvalue weighted by Crippen LogP contribution is 2.69. The zero-order valence-corrected chi connectivity index (χ0v) is 10.9. The lowest BCUT2D eigenvalue weighted by Gasteiger charge is -2.31. The van der Waals surface area contributed by atoms with Crippen molar-refractivity contribution in [3.63, 3.8) is 0 Å². The third-order valence-corrected chi connectivity index (χ3v) is 2.95. The summed E-state index contributed by atoms with van der Waals surface area (Å²) in [5.41, 5.74) is -0.736. The second-order valence-corrected chi connectivity index (χ2v) is 7.64. The van der Waals surface area contributed by atoms with Gasteiger partial charge in [-0.25, -0.2) is 8.78 Å². The topological polar surface area (TPSA) is 0 Å². The maximum atomic E-state index is 13.5. The highest BCUT2D eigenvalue weighted by Gasteiger charge is 2.71. The molecule has 0 spiro atoms. The molecular weight excluding hydrogens is 194 g/mol. The Morgan fingerprint density at radius 2 is 1.13 bits per heavy atom. The fraction of sp³-hybridized carbons (Fsp3) is 1.00. The molecule has 1 aliphatic carbocycles. The van der Waals surface area contributed by atoms with Gasteiger partial charge < -0.3 is 0 Å². The first-order valence-electron chi connectivity index (χ1n) is 5.75. The van der Waals surface area contributed by atoms with Gasteiger partial charge in [-0.1, -0.05) is 41.5 Å². The Bertz CT molecular complexity index is 224. The monoisotopic (exact) mass is 218 g/mol. The molecule has 1 saturated carbocycles. The van der Waals surface area contributed by atoms with Crippen LogP contribution in [0, 0.1) is 16.2 Å². The summed E-state index contributed by atoms with van der Waals surface area (Å²) >= 11 is 0. The van der Waals surface area contributed by atoms with E-state index in [1.807, 2.05) is 41.5 Å². The molecule has 0 N–H and O–H groups in total. The minimum absolute atomic E-state index is 0.00875. The molecule has 0 amide bonds. The summed E-state index contributed by atoms with van der Waals surface area (Å²) in [4.78, 5) is 0. The van der Waals surface area contributed by atoms with Crippen LogP contribution in [0.25, 0.3) is 0 Å². The number of hydrogen-bond donors (Lipinski definition) is 0. The van der Waals surface area contributed by atoms with Gasteiger partial charge in [0.2, 0.25) is 0 Å². The zero-order valence-electron chi connectivity index (χ0n) is 10.9. The molecule has 0 nitrogen and oxygen atoms in total. The Morgan fingerprint density at radius 3 is 1.27 bits per heavy atom. The van der Waals surface area contributed by atoms with E-state index in [9.17, 15) is 8.78 Å². The Kier molecular flexibility index (Phi) is 2.74. The molecule has 0 atom stereocenters. The third-order valence-electron chi connectivity index (χ3n) is 2.95. The maximum Gasteiger partial charge on any atom is 0.254 e. The van der Waals surface area contributed by atoms with E-state index in [1.54, 1.807) is 0 Å². The van der Waals surface area contributed by atoms with E-state index in [4.69, 9.17) is 0 Å². The van der Waals surface area contributed by atoms with Crippen LogP contribution in [0.2, 0.25) is 0 Å². The van der Waals surface area contributed by atoms with Gasteiger partial charge in [-0.3, -0.25) is 0 Å². The van der Waals surface area contributed by atoms with Crippen molar-refractivity contribution in [2.24, 2.45) is 16.2 Å². The minimum atomic E-state index is -2.42. The Balaban J connectivity index is 2.76. The summed E-state index contributed by atoms with van der Waals surface area (Å²) < 4.78 is 27.0. The quantitative estimate of drug-likeness (QED) is 0.619. The Hall–Kier alpha value is -0.140. The van der Waals surface area contributed by atoms with Gasteiger partial charge in [-0.15, -0.1) is 0 Å². The van der Waals surface area contributed by atoms with Gasteiger partial charge >= 0.3 is 0 Å². The van der Waals surface area contributed by atoms with Crippen LogP contribution in [0.5, 0.6) is 0 Å². The molecule has 0 radical (unpaired) electrons. The SMILES string of the molecule is CC(C)(C)CC1(CC(C)(C)C)CC1(F)F. The zero-order chi connectivity index (χ0) is 12.1. The molecule has 1 rings (SSSR count). The third kappa shape index (κ3) is 3.15. The van der Waals surface area contributed by atoms with Crippen LogP contribution in [-0.4, -0.2) is 5.92 Å². The van der Waals surface area contributed by atoms with Gasteiger partial charge in [0.25, 0.3) is 5.92 Å². The Morgan fingerprint density at radius 1 is 0.867 bits per heavy atom. The van der Waals surface area contributed by atoms with Crippen molar-refractivity contribution in [1.29, 1.82) is 0 Å². The molecule has 0 aliphatic heterocycles. The average Bonchev–Trinajstić information content (AvgIpc) is 2.19. The summed E-state index contributed by atoms with van der Waals surface area (Å²) in [6.45, 7) is 12.3. The van der Waals surface area contributed by atoms with Gasteiger partial charge in [0.15, 0.2) is 0 Å². The maximum absolute atomic E-state index is 13.5. The van der Waals surface area contributed by atoms with E-state index >= 15 is 0 Å². The molecule has 15 heavy (non-hydrogen) atoms.